The molecule has 0 saturated heterocycles. The number of hydrogen-bond donors (Lipinski definition) is 2. The molecule has 0 bridgehead atoms. The number of rotatable bonds is 9. The molecule has 0 aromatic heterocycles. The fourth-order valence-corrected chi connectivity index (χ4v) is 3.14. The quantitative estimate of drug-likeness (QED) is 0.268. The number of esters is 1. The fraction of sp³-hybridized carbons (Fsp3) is 0.125. The second-order valence-corrected chi connectivity index (χ2v) is 6.94. The van der Waals surface area contributed by atoms with Gasteiger partial charge in [0, 0.05) is 11.6 Å². The number of nitro benzene ring substituents is 1. The first kappa shape index (κ1) is 23.9. The van der Waals surface area contributed by atoms with Crippen LogP contribution in [0.5, 0.6) is 11.5 Å². The maximum absolute atomic E-state index is 12.6. The highest BCUT2D eigenvalue weighted by molar-refractivity contribution is 6.02. The van der Waals surface area contributed by atoms with Crippen molar-refractivity contribution in [2.75, 3.05) is 11.9 Å². The molecule has 34 heavy (non-hydrogen) atoms. The predicted molar refractivity (Wildman–Crippen MR) is 121 cm³/mol. The average Bonchev–Trinajstić information content (AvgIpc) is 2.80. The lowest BCUT2D eigenvalue weighted by atomic mass is 10.1. The van der Waals surface area contributed by atoms with Crippen molar-refractivity contribution in [1.29, 1.82) is 0 Å². The van der Waals surface area contributed by atoms with E-state index in [4.69, 9.17) is 9.47 Å². The molecule has 0 saturated carbocycles. The molecule has 1 amide bonds. The first-order valence-corrected chi connectivity index (χ1v) is 10.1. The van der Waals surface area contributed by atoms with E-state index in [1.807, 2.05) is 0 Å². The number of nitro groups is 1. The van der Waals surface area contributed by atoms with Crippen LogP contribution in [0.25, 0.3) is 0 Å². The van der Waals surface area contributed by atoms with Gasteiger partial charge in [0.1, 0.15) is 5.75 Å². The van der Waals surface area contributed by atoms with E-state index in [2.05, 4.69) is 5.32 Å². The van der Waals surface area contributed by atoms with Gasteiger partial charge >= 0.3 is 11.9 Å². The highest BCUT2D eigenvalue weighted by atomic mass is 16.6. The van der Waals surface area contributed by atoms with Crippen LogP contribution in [0.1, 0.15) is 33.2 Å². The van der Waals surface area contributed by atoms with Crippen LogP contribution in [-0.4, -0.2) is 34.5 Å². The SMILES string of the molecule is CCOC(=O)c1ccc(Oc2ccccc2NC(=O)Cc2ccccc2[N+](=O)[O-])cc1C(=O)O. The van der Waals surface area contributed by atoms with Crippen LogP contribution in [0.4, 0.5) is 11.4 Å². The summed E-state index contributed by atoms with van der Waals surface area (Å²) in [7, 11) is 0. The van der Waals surface area contributed by atoms with Crippen LogP contribution < -0.4 is 10.1 Å². The molecule has 0 spiro atoms. The monoisotopic (exact) mass is 464 g/mol. The van der Waals surface area contributed by atoms with Gasteiger partial charge in [0.15, 0.2) is 5.75 Å². The Morgan fingerprint density at radius 2 is 1.71 bits per heavy atom. The number of nitrogens with zero attached hydrogens (tertiary/aromatic N) is 1. The summed E-state index contributed by atoms with van der Waals surface area (Å²) in [6.07, 6.45) is -0.233. The van der Waals surface area contributed by atoms with Gasteiger partial charge in [-0.2, -0.15) is 0 Å². The van der Waals surface area contributed by atoms with Crippen molar-refractivity contribution in [3.8, 4) is 11.5 Å². The van der Waals surface area contributed by atoms with E-state index in [1.54, 1.807) is 37.3 Å². The van der Waals surface area contributed by atoms with Crippen molar-refractivity contribution < 1.29 is 33.9 Å². The minimum Gasteiger partial charge on any atom is -0.478 e. The molecule has 0 atom stereocenters. The topological polar surface area (TPSA) is 145 Å². The number of carboxylic acids is 1. The van der Waals surface area contributed by atoms with E-state index < -0.39 is 22.8 Å². The van der Waals surface area contributed by atoms with Crippen LogP contribution in [0.15, 0.2) is 66.7 Å². The van der Waals surface area contributed by atoms with Gasteiger partial charge in [0.2, 0.25) is 5.91 Å². The standard InChI is InChI=1S/C24H20N2O8/c1-2-33-24(30)17-12-11-16(14-18(17)23(28)29)34-21-10-6-4-8-19(21)25-22(27)13-15-7-3-5-9-20(15)26(31)32/h3-12,14H,2,13H2,1H3,(H,25,27)(H,28,29). The van der Waals surface area contributed by atoms with Crippen molar-refractivity contribution >= 4 is 29.2 Å². The number of aromatic carboxylic acids is 1. The van der Waals surface area contributed by atoms with Gasteiger partial charge in [-0.15, -0.1) is 0 Å². The Balaban J connectivity index is 1.82. The van der Waals surface area contributed by atoms with Gasteiger partial charge in [-0.3, -0.25) is 14.9 Å². The molecule has 0 aliphatic carbocycles. The molecule has 3 aromatic carbocycles. The third-order valence-corrected chi connectivity index (χ3v) is 4.65. The molecule has 3 rings (SSSR count). The Morgan fingerprint density at radius 1 is 1.00 bits per heavy atom. The van der Waals surface area contributed by atoms with E-state index in [0.717, 1.165) is 0 Å². The number of nitrogens with one attached hydrogen (secondary N) is 1. The summed E-state index contributed by atoms with van der Waals surface area (Å²) in [4.78, 5) is 46.8. The van der Waals surface area contributed by atoms with Crippen LogP contribution in [0.3, 0.4) is 0 Å². The molecule has 10 heteroatoms. The number of para-hydroxylation sites is 3. The number of carboxylic acid groups (broad SMARTS) is 1. The van der Waals surface area contributed by atoms with Crippen molar-refractivity contribution in [2.24, 2.45) is 0 Å². The number of carbonyl (C=O) groups is 3. The minimum atomic E-state index is -1.33. The lowest BCUT2D eigenvalue weighted by Gasteiger charge is -2.13. The predicted octanol–water partition coefficient (Wildman–Crippen LogP) is 4.44. The zero-order chi connectivity index (χ0) is 24.7. The summed E-state index contributed by atoms with van der Waals surface area (Å²) in [6, 6.07) is 16.2. The third kappa shape index (κ3) is 5.74. The molecule has 10 nitrogen and oxygen atoms in total. The van der Waals surface area contributed by atoms with Crippen LogP contribution >= 0.6 is 0 Å². The minimum absolute atomic E-state index is 0.0926. The molecule has 174 valence electrons. The first-order valence-electron chi connectivity index (χ1n) is 10.1. The fourth-order valence-electron chi connectivity index (χ4n) is 3.14. The highest BCUT2D eigenvalue weighted by Gasteiger charge is 2.20. The van der Waals surface area contributed by atoms with Crippen LogP contribution in [0, 0.1) is 10.1 Å². The van der Waals surface area contributed by atoms with Gasteiger partial charge in [-0.25, -0.2) is 9.59 Å². The van der Waals surface area contributed by atoms with Gasteiger partial charge < -0.3 is 19.9 Å². The molecule has 0 aliphatic heterocycles. The molecule has 2 N–H and O–H groups in total. The van der Waals surface area contributed by atoms with Crippen molar-refractivity contribution in [3.63, 3.8) is 0 Å². The number of anilines is 1. The van der Waals surface area contributed by atoms with Gasteiger partial charge in [-0.1, -0.05) is 30.3 Å². The third-order valence-electron chi connectivity index (χ3n) is 4.65. The molecule has 0 aliphatic rings. The first-order chi connectivity index (χ1) is 16.3. The summed E-state index contributed by atoms with van der Waals surface area (Å²) in [5, 5.41) is 23.3. The molecule has 3 aromatic rings. The van der Waals surface area contributed by atoms with Crippen LogP contribution in [0.2, 0.25) is 0 Å². The van der Waals surface area contributed by atoms with E-state index in [-0.39, 0.29) is 52.6 Å². The number of ether oxygens (including phenoxy) is 2. The highest BCUT2D eigenvalue weighted by Crippen LogP contribution is 2.31. The van der Waals surface area contributed by atoms with E-state index in [9.17, 15) is 29.6 Å². The molecule has 0 heterocycles. The molecular formula is C24H20N2O8. The molecule has 0 radical (unpaired) electrons. The van der Waals surface area contributed by atoms with E-state index in [0.29, 0.717) is 0 Å². The zero-order valence-corrected chi connectivity index (χ0v) is 18.0. The summed E-state index contributed by atoms with van der Waals surface area (Å²) in [6.45, 7) is 1.70. The summed E-state index contributed by atoms with van der Waals surface area (Å²) >= 11 is 0. The molecule has 0 fully saturated rings. The molecular weight excluding hydrogens is 444 g/mol. The van der Waals surface area contributed by atoms with Crippen LogP contribution in [-0.2, 0) is 16.0 Å². The largest absolute Gasteiger partial charge is 0.478 e. The zero-order valence-electron chi connectivity index (χ0n) is 18.0. The molecule has 0 unspecified atom stereocenters. The normalized spacial score (nSPS) is 10.3. The van der Waals surface area contributed by atoms with Crippen molar-refractivity contribution in [3.05, 3.63) is 93.5 Å². The lowest BCUT2D eigenvalue weighted by molar-refractivity contribution is -0.385. The van der Waals surface area contributed by atoms with Gasteiger partial charge in [-0.05, 0) is 37.3 Å². The van der Waals surface area contributed by atoms with E-state index >= 15 is 0 Å². The lowest BCUT2D eigenvalue weighted by Crippen LogP contribution is -2.15. The van der Waals surface area contributed by atoms with E-state index in [1.165, 1.54) is 36.4 Å². The van der Waals surface area contributed by atoms with Crippen molar-refractivity contribution in [2.45, 2.75) is 13.3 Å². The Morgan fingerprint density at radius 3 is 2.41 bits per heavy atom. The summed E-state index contributed by atoms with van der Waals surface area (Å²) in [5.41, 5.74) is -0.0480. The van der Waals surface area contributed by atoms with Gasteiger partial charge in [0.25, 0.3) is 5.69 Å². The summed E-state index contributed by atoms with van der Waals surface area (Å²) < 4.78 is 10.6. The second kappa shape index (κ2) is 10.7. The maximum atomic E-state index is 12.6. The maximum Gasteiger partial charge on any atom is 0.339 e. The Hall–Kier alpha value is -4.73. The number of carbonyl (C=O) groups excluding carboxylic acids is 2. The number of hydrogen-bond acceptors (Lipinski definition) is 7. The smallest absolute Gasteiger partial charge is 0.339 e. The Labute approximate surface area is 193 Å². The van der Waals surface area contributed by atoms with Crippen molar-refractivity contribution in [1.82, 2.24) is 0 Å². The summed E-state index contributed by atoms with van der Waals surface area (Å²) in [5.74, 6) is -2.28. The van der Waals surface area contributed by atoms with Gasteiger partial charge in [0.05, 0.1) is 34.8 Å². The Bertz CT molecular complexity index is 1260. The second-order valence-electron chi connectivity index (χ2n) is 6.94. The number of benzene rings is 3. The number of amides is 1. The Kier molecular flexibility index (Phi) is 7.55. The average molecular weight is 464 g/mol.